The van der Waals surface area contributed by atoms with Crippen molar-refractivity contribution < 1.29 is 0 Å². The molecule has 16 heavy (non-hydrogen) atoms. The molecule has 0 amide bonds. The Kier molecular flexibility index (Phi) is 5.95. The fourth-order valence-electron chi connectivity index (χ4n) is 1.80. The number of aromatic nitrogens is 1. The summed E-state index contributed by atoms with van der Waals surface area (Å²) in [4.78, 5) is 5.60. The molecule has 0 aliphatic rings. The first-order chi connectivity index (χ1) is 7.61. The van der Waals surface area contributed by atoms with Crippen LogP contribution < -0.4 is 11.1 Å². The summed E-state index contributed by atoms with van der Waals surface area (Å²) >= 11 is 1.76. The lowest BCUT2D eigenvalue weighted by Gasteiger charge is -2.17. The van der Waals surface area contributed by atoms with Crippen LogP contribution in [0.4, 0.5) is 0 Å². The van der Waals surface area contributed by atoms with Crippen LogP contribution in [0.1, 0.15) is 30.2 Å². The van der Waals surface area contributed by atoms with Gasteiger partial charge in [0.15, 0.2) is 0 Å². The second kappa shape index (κ2) is 6.99. The molecule has 1 unspecified atom stereocenters. The Labute approximate surface area is 102 Å². The van der Waals surface area contributed by atoms with Gasteiger partial charge in [0.05, 0.1) is 0 Å². The predicted octanol–water partition coefficient (Wildman–Crippen LogP) is 2.16. The maximum atomic E-state index is 5.75. The molecule has 0 spiro atoms. The summed E-state index contributed by atoms with van der Waals surface area (Å²) in [5, 5.41) is 4.60. The van der Waals surface area contributed by atoms with Crippen molar-refractivity contribution in [3.05, 3.63) is 16.1 Å². The molecular formula is C12H23N3S. The van der Waals surface area contributed by atoms with Crippen molar-refractivity contribution in [1.82, 2.24) is 10.3 Å². The summed E-state index contributed by atoms with van der Waals surface area (Å²) in [5.74, 6) is 1.30. The number of nitrogens with zero attached hydrogens (tertiary/aromatic N) is 1. The van der Waals surface area contributed by atoms with Gasteiger partial charge >= 0.3 is 0 Å². The Hall–Kier alpha value is -0.450. The molecule has 92 valence electrons. The number of hydrogen-bond acceptors (Lipinski definition) is 4. The number of aryl methyl sites for hydroxylation is 1. The highest BCUT2D eigenvalue weighted by Crippen LogP contribution is 2.12. The maximum absolute atomic E-state index is 5.75. The van der Waals surface area contributed by atoms with Gasteiger partial charge in [-0.3, -0.25) is 0 Å². The molecule has 1 heterocycles. The van der Waals surface area contributed by atoms with E-state index >= 15 is 0 Å². The molecule has 0 bridgehead atoms. The quantitative estimate of drug-likeness (QED) is 0.769. The van der Waals surface area contributed by atoms with E-state index < -0.39 is 0 Å². The molecule has 3 nitrogen and oxygen atoms in total. The van der Waals surface area contributed by atoms with E-state index in [1.165, 1.54) is 11.3 Å². The van der Waals surface area contributed by atoms with Crippen LogP contribution in [-0.4, -0.2) is 18.1 Å². The van der Waals surface area contributed by atoms with Gasteiger partial charge in [0, 0.05) is 17.6 Å². The second-order valence-electron chi connectivity index (χ2n) is 4.73. The minimum atomic E-state index is 0.584. The number of thiazole rings is 1. The Balaban J connectivity index is 2.23. The first kappa shape index (κ1) is 13.6. The fourth-order valence-corrected chi connectivity index (χ4v) is 2.55. The predicted molar refractivity (Wildman–Crippen MR) is 70.6 cm³/mol. The molecule has 3 N–H and O–H groups in total. The third kappa shape index (κ3) is 5.05. The molecule has 0 saturated heterocycles. The monoisotopic (exact) mass is 241 g/mol. The smallest absolute Gasteiger partial charge is 0.107 e. The van der Waals surface area contributed by atoms with Crippen molar-refractivity contribution in [2.45, 2.75) is 33.7 Å². The molecule has 1 aromatic heterocycles. The van der Waals surface area contributed by atoms with Crippen LogP contribution in [-0.2, 0) is 6.54 Å². The van der Waals surface area contributed by atoms with Crippen LogP contribution in [0.5, 0.6) is 0 Å². The van der Waals surface area contributed by atoms with E-state index in [1.807, 2.05) is 6.20 Å². The van der Waals surface area contributed by atoms with Crippen LogP contribution in [0, 0.1) is 18.8 Å². The van der Waals surface area contributed by atoms with Crippen LogP contribution in [0.15, 0.2) is 6.20 Å². The summed E-state index contributed by atoms with van der Waals surface area (Å²) in [6, 6.07) is 0. The topological polar surface area (TPSA) is 50.9 Å². The molecule has 4 heteroatoms. The molecule has 1 aromatic rings. The first-order valence-electron chi connectivity index (χ1n) is 5.94. The highest BCUT2D eigenvalue weighted by molar-refractivity contribution is 7.11. The minimum Gasteiger partial charge on any atom is -0.330 e. The van der Waals surface area contributed by atoms with E-state index in [4.69, 9.17) is 5.73 Å². The second-order valence-corrected chi connectivity index (χ2v) is 6.05. The highest BCUT2D eigenvalue weighted by Gasteiger charge is 2.08. The van der Waals surface area contributed by atoms with Gasteiger partial charge in [0.1, 0.15) is 5.01 Å². The number of nitrogens with one attached hydrogen (secondary N) is 1. The summed E-state index contributed by atoms with van der Waals surface area (Å²) < 4.78 is 0. The van der Waals surface area contributed by atoms with Crippen molar-refractivity contribution in [2.75, 3.05) is 13.1 Å². The first-order valence-corrected chi connectivity index (χ1v) is 6.75. The number of nitrogens with two attached hydrogens (primary N) is 1. The van der Waals surface area contributed by atoms with Gasteiger partial charge < -0.3 is 11.1 Å². The van der Waals surface area contributed by atoms with Gasteiger partial charge in [-0.2, -0.15) is 0 Å². The van der Waals surface area contributed by atoms with E-state index in [2.05, 4.69) is 31.1 Å². The van der Waals surface area contributed by atoms with Crippen molar-refractivity contribution in [3.63, 3.8) is 0 Å². The van der Waals surface area contributed by atoms with Gasteiger partial charge in [-0.15, -0.1) is 11.3 Å². The number of rotatable bonds is 7. The summed E-state index contributed by atoms with van der Waals surface area (Å²) in [6.07, 6.45) is 3.12. The molecule has 0 aromatic carbocycles. The summed E-state index contributed by atoms with van der Waals surface area (Å²) in [5.41, 5.74) is 5.75. The molecule has 0 saturated carbocycles. The Bertz CT molecular complexity index is 296. The zero-order valence-electron chi connectivity index (χ0n) is 10.5. The van der Waals surface area contributed by atoms with Crippen LogP contribution in [0.2, 0.25) is 0 Å². The van der Waals surface area contributed by atoms with Gasteiger partial charge in [-0.25, -0.2) is 4.98 Å². The van der Waals surface area contributed by atoms with Crippen molar-refractivity contribution in [2.24, 2.45) is 17.6 Å². The van der Waals surface area contributed by atoms with Gasteiger partial charge in [-0.1, -0.05) is 13.8 Å². The molecule has 0 aliphatic carbocycles. The van der Waals surface area contributed by atoms with E-state index in [9.17, 15) is 0 Å². The Morgan fingerprint density at radius 3 is 2.75 bits per heavy atom. The van der Waals surface area contributed by atoms with E-state index in [-0.39, 0.29) is 0 Å². The average Bonchev–Trinajstić information content (AvgIpc) is 2.62. The molecule has 0 fully saturated rings. The molecular weight excluding hydrogens is 218 g/mol. The van der Waals surface area contributed by atoms with Gasteiger partial charge in [0.2, 0.25) is 0 Å². The molecule has 0 aliphatic heterocycles. The van der Waals surface area contributed by atoms with Gasteiger partial charge in [0.25, 0.3) is 0 Å². The zero-order valence-corrected chi connectivity index (χ0v) is 11.3. The Morgan fingerprint density at radius 1 is 1.50 bits per heavy atom. The van der Waals surface area contributed by atoms with E-state index in [0.29, 0.717) is 5.92 Å². The van der Waals surface area contributed by atoms with Crippen LogP contribution in [0.3, 0.4) is 0 Å². The van der Waals surface area contributed by atoms with Crippen molar-refractivity contribution >= 4 is 11.3 Å². The largest absolute Gasteiger partial charge is 0.330 e. The zero-order chi connectivity index (χ0) is 12.0. The lowest BCUT2D eigenvalue weighted by atomic mass is 9.97. The summed E-state index contributed by atoms with van der Waals surface area (Å²) in [7, 11) is 0. The molecule has 1 atom stereocenters. The average molecular weight is 241 g/mol. The Morgan fingerprint density at radius 2 is 2.25 bits per heavy atom. The number of hydrogen-bond donors (Lipinski definition) is 2. The van der Waals surface area contributed by atoms with E-state index in [0.717, 1.165) is 30.6 Å². The van der Waals surface area contributed by atoms with Crippen LogP contribution in [0.25, 0.3) is 0 Å². The summed E-state index contributed by atoms with van der Waals surface area (Å²) in [6.45, 7) is 9.20. The SMILES string of the molecule is Cc1cnc(CNCC(CN)CC(C)C)s1. The standard InChI is InChI=1S/C12H23N3S/c1-9(2)4-11(5-13)7-14-8-12-15-6-10(3)16-12/h6,9,11,14H,4-5,7-8,13H2,1-3H3. The lowest BCUT2D eigenvalue weighted by molar-refractivity contribution is 0.394. The minimum absolute atomic E-state index is 0.584. The van der Waals surface area contributed by atoms with Crippen LogP contribution >= 0.6 is 11.3 Å². The van der Waals surface area contributed by atoms with Gasteiger partial charge in [-0.05, 0) is 38.3 Å². The molecule has 1 rings (SSSR count). The highest BCUT2D eigenvalue weighted by atomic mass is 32.1. The third-order valence-corrected chi connectivity index (χ3v) is 3.43. The lowest BCUT2D eigenvalue weighted by Crippen LogP contribution is -2.29. The fraction of sp³-hybridized carbons (Fsp3) is 0.750. The van der Waals surface area contributed by atoms with Crippen molar-refractivity contribution in [3.8, 4) is 0 Å². The van der Waals surface area contributed by atoms with Crippen molar-refractivity contribution in [1.29, 1.82) is 0 Å². The third-order valence-electron chi connectivity index (χ3n) is 2.52. The maximum Gasteiger partial charge on any atom is 0.107 e. The van der Waals surface area contributed by atoms with E-state index in [1.54, 1.807) is 11.3 Å². The molecule has 0 radical (unpaired) electrons. The normalized spacial score (nSPS) is 13.3.